The smallest absolute Gasteiger partial charge is 0.254 e. The largest absolute Gasteiger partial charge is 0.379 e. The van der Waals surface area contributed by atoms with E-state index in [2.05, 4.69) is 40.0 Å². The van der Waals surface area contributed by atoms with Gasteiger partial charge < -0.3 is 9.64 Å². The maximum atomic E-state index is 13.2. The van der Waals surface area contributed by atoms with Crippen molar-refractivity contribution in [2.75, 3.05) is 39.4 Å². The maximum Gasteiger partial charge on any atom is 0.254 e. The fraction of sp³-hybridized carbons (Fsp3) is 0.565. The Morgan fingerprint density at radius 1 is 1.10 bits per heavy atom. The Morgan fingerprint density at radius 2 is 1.86 bits per heavy atom. The van der Waals surface area contributed by atoms with Crippen LogP contribution in [0.1, 0.15) is 46.6 Å². The topological polar surface area (TPSA) is 50.6 Å². The number of piperidine rings is 1. The Kier molecular flexibility index (Phi) is 6.31. The SMILES string of the molecule is Cc1cc(C)n(Cc2ccc(C(=O)N3CCCCC3CN3CCOCC3)cc2)n1. The molecule has 6 nitrogen and oxygen atoms in total. The molecule has 6 heteroatoms. The summed E-state index contributed by atoms with van der Waals surface area (Å²) in [7, 11) is 0. The molecule has 1 amide bonds. The van der Waals surface area contributed by atoms with Crippen LogP contribution in [0, 0.1) is 13.8 Å². The molecule has 1 atom stereocenters. The van der Waals surface area contributed by atoms with Crippen LogP contribution in [0.4, 0.5) is 0 Å². The number of hydrogen-bond donors (Lipinski definition) is 0. The van der Waals surface area contributed by atoms with Crippen LogP contribution in [0.5, 0.6) is 0 Å². The van der Waals surface area contributed by atoms with E-state index in [1.807, 2.05) is 23.7 Å². The van der Waals surface area contributed by atoms with Gasteiger partial charge in [-0.05, 0) is 56.9 Å². The van der Waals surface area contributed by atoms with E-state index < -0.39 is 0 Å². The fourth-order valence-electron chi connectivity index (χ4n) is 4.47. The molecule has 29 heavy (non-hydrogen) atoms. The van der Waals surface area contributed by atoms with Crippen LogP contribution in [0.15, 0.2) is 30.3 Å². The summed E-state index contributed by atoms with van der Waals surface area (Å²) in [6, 6.07) is 10.5. The van der Waals surface area contributed by atoms with Crippen LogP contribution in [-0.2, 0) is 11.3 Å². The van der Waals surface area contributed by atoms with Crippen molar-refractivity contribution in [3.63, 3.8) is 0 Å². The summed E-state index contributed by atoms with van der Waals surface area (Å²) in [5.41, 5.74) is 4.14. The summed E-state index contributed by atoms with van der Waals surface area (Å²) in [5, 5.41) is 4.53. The molecule has 4 rings (SSSR count). The standard InChI is InChI=1S/C23H32N4O2/c1-18-15-19(2)27(24-18)16-20-6-8-21(9-7-20)23(28)26-10-4-3-5-22(26)17-25-11-13-29-14-12-25/h6-9,15,22H,3-5,10-14,16-17H2,1-2H3. The number of hydrogen-bond acceptors (Lipinski definition) is 4. The second-order valence-electron chi connectivity index (χ2n) is 8.34. The number of rotatable bonds is 5. The molecule has 2 fully saturated rings. The molecule has 0 saturated carbocycles. The molecule has 0 bridgehead atoms. The molecule has 2 aliphatic heterocycles. The minimum Gasteiger partial charge on any atom is -0.379 e. The van der Waals surface area contributed by atoms with Crippen molar-refractivity contribution >= 4 is 5.91 Å². The van der Waals surface area contributed by atoms with E-state index in [0.29, 0.717) is 6.04 Å². The van der Waals surface area contributed by atoms with Crippen LogP contribution in [0.25, 0.3) is 0 Å². The molecule has 0 aliphatic carbocycles. The Hall–Kier alpha value is -2.18. The Bertz CT molecular complexity index is 824. The van der Waals surface area contributed by atoms with Crippen molar-refractivity contribution in [3.05, 3.63) is 52.8 Å². The van der Waals surface area contributed by atoms with Gasteiger partial charge in [0, 0.05) is 43.5 Å². The molecule has 1 unspecified atom stereocenters. The lowest BCUT2D eigenvalue weighted by atomic mass is 9.99. The lowest BCUT2D eigenvalue weighted by Gasteiger charge is -2.39. The van der Waals surface area contributed by atoms with Crippen LogP contribution in [-0.4, -0.2) is 70.9 Å². The van der Waals surface area contributed by atoms with Gasteiger partial charge in [-0.1, -0.05) is 12.1 Å². The van der Waals surface area contributed by atoms with Gasteiger partial charge in [-0.25, -0.2) is 0 Å². The molecule has 0 N–H and O–H groups in total. The summed E-state index contributed by atoms with van der Waals surface area (Å²) in [6.07, 6.45) is 3.40. The number of amides is 1. The number of benzene rings is 1. The minimum absolute atomic E-state index is 0.167. The summed E-state index contributed by atoms with van der Waals surface area (Å²) in [6.45, 7) is 10.2. The van der Waals surface area contributed by atoms with Gasteiger partial charge in [-0.2, -0.15) is 5.10 Å². The highest BCUT2D eigenvalue weighted by Gasteiger charge is 2.29. The average Bonchev–Trinajstić information content (AvgIpc) is 3.06. The lowest BCUT2D eigenvalue weighted by molar-refractivity contribution is 0.0166. The molecule has 3 heterocycles. The highest BCUT2D eigenvalue weighted by atomic mass is 16.5. The van der Waals surface area contributed by atoms with Crippen molar-refractivity contribution in [2.24, 2.45) is 0 Å². The number of carbonyl (C=O) groups is 1. The van der Waals surface area contributed by atoms with E-state index in [9.17, 15) is 4.79 Å². The van der Waals surface area contributed by atoms with Gasteiger partial charge in [-0.3, -0.25) is 14.4 Å². The quantitative estimate of drug-likeness (QED) is 0.780. The second kappa shape index (κ2) is 9.09. The first-order valence-electron chi connectivity index (χ1n) is 10.8. The monoisotopic (exact) mass is 396 g/mol. The van der Waals surface area contributed by atoms with Crippen molar-refractivity contribution < 1.29 is 9.53 Å². The molecule has 0 spiro atoms. The average molecular weight is 397 g/mol. The van der Waals surface area contributed by atoms with Gasteiger partial charge >= 0.3 is 0 Å². The van der Waals surface area contributed by atoms with E-state index in [4.69, 9.17) is 4.74 Å². The number of aryl methyl sites for hydroxylation is 2. The first kappa shape index (κ1) is 20.1. The minimum atomic E-state index is 0.167. The van der Waals surface area contributed by atoms with Crippen molar-refractivity contribution in [2.45, 2.75) is 45.7 Å². The first-order chi connectivity index (χ1) is 14.1. The van der Waals surface area contributed by atoms with Crippen molar-refractivity contribution in [1.82, 2.24) is 19.6 Å². The van der Waals surface area contributed by atoms with Crippen LogP contribution in [0.3, 0.4) is 0 Å². The third-order valence-electron chi connectivity index (χ3n) is 6.10. The van der Waals surface area contributed by atoms with Crippen molar-refractivity contribution in [1.29, 1.82) is 0 Å². The van der Waals surface area contributed by atoms with Gasteiger partial charge in [0.05, 0.1) is 25.5 Å². The van der Waals surface area contributed by atoms with E-state index >= 15 is 0 Å². The number of ether oxygens (including phenoxy) is 1. The number of nitrogens with zero attached hydrogens (tertiary/aromatic N) is 4. The van der Waals surface area contributed by atoms with Crippen molar-refractivity contribution in [3.8, 4) is 0 Å². The van der Waals surface area contributed by atoms with E-state index in [-0.39, 0.29) is 5.91 Å². The Morgan fingerprint density at radius 3 is 2.55 bits per heavy atom. The van der Waals surface area contributed by atoms with Crippen LogP contribution >= 0.6 is 0 Å². The van der Waals surface area contributed by atoms with Gasteiger partial charge in [-0.15, -0.1) is 0 Å². The second-order valence-corrected chi connectivity index (χ2v) is 8.34. The summed E-state index contributed by atoms with van der Waals surface area (Å²) in [5.74, 6) is 0.167. The molecular weight excluding hydrogens is 364 g/mol. The van der Waals surface area contributed by atoms with E-state index in [0.717, 1.165) is 81.3 Å². The number of morpholine rings is 1. The summed E-state index contributed by atoms with van der Waals surface area (Å²) < 4.78 is 7.48. The zero-order chi connectivity index (χ0) is 20.2. The molecule has 156 valence electrons. The number of likely N-dealkylation sites (tertiary alicyclic amines) is 1. The lowest BCUT2D eigenvalue weighted by Crippen LogP contribution is -2.51. The first-order valence-corrected chi connectivity index (χ1v) is 10.8. The van der Waals surface area contributed by atoms with E-state index in [1.54, 1.807) is 0 Å². The summed E-state index contributed by atoms with van der Waals surface area (Å²) >= 11 is 0. The fourth-order valence-corrected chi connectivity index (χ4v) is 4.47. The third-order valence-corrected chi connectivity index (χ3v) is 6.10. The van der Waals surface area contributed by atoms with Gasteiger partial charge in [0.25, 0.3) is 5.91 Å². The number of aromatic nitrogens is 2. The maximum absolute atomic E-state index is 13.2. The number of carbonyl (C=O) groups excluding carboxylic acids is 1. The Labute approximate surface area is 173 Å². The highest BCUT2D eigenvalue weighted by Crippen LogP contribution is 2.21. The van der Waals surface area contributed by atoms with Gasteiger partial charge in [0.1, 0.15) is 0 Å². The zero-order valence-corrected chi connectivity index (χ0v) is 17.6. The third kappa shape index (κ3) is 4.87. The summed E-state index contributed by atoms with van der Waals surface area (Å²) in [4.78, 5) is 17.8. The van der Waals surface area contributed by atoms with Crippen LogP contribution in [0.2, 0.25) is 0 Å². The van der Waals surface area contributed by atoms with Crippen LogP contribution < -0.4 is 0 Å². The molecule has 2 aliphatic rings. The van der Waals surface area contributed by atoms with Gasteiger partial charge in [0.2, 0.25) is 0 Å². The predicted octanol–water partition coefficient (Wildman–Crippen LogP) is 2.88. The molecule has 1 aromatic carbocycles. The zero-order valence-electron chi connectivity index (χ0n) is 17.6. The predicted molar refractivity (Wildman–Crippen MR) is 113 cm³/mol. The normalized spacial score (nSPS) is 20.8. The molecule has 2 saturated heterocycles. The molecule has 2 aromatic rings. The van der Waals surface area contributed by atoms with E-state index in [1.165, 1.54) is 6.42 Å². The Balaban J connectivity index is 1.42. The highest BCUT2D eigenvalue weighted by molar-refractivity contribution is 5.94. The van der Waals surface area contributed by atoms with Gasteiger partial charge in [0.15, 0.2) is 0 Å². The molecular formula is C23H32N4O2. The molecule has 1 aromatic heterocycles. The molecule has 0 radical (unpaired) electrons.